The minimum absolute atomic E-state index is 0. The van der Waals surface area contributed by atoms with Gasteiger partial charge in [-0.15, -0.1) is 0 Å². The van der Waals surface area contributed by atoms with Gasteiger partial charge >= 0.3 is 59.1 Å². The minimum Gasteiger partial charge on any atom is -0.790 e. The molecule has 0 spiro atoms. The predicted molar refractivity (Wildman–Crippen MR) is 84.2 cm³/mol. The normalized spacial score (nSPS) is 19.8. The number of ether oxygens (including phenoxy) is 1. The molecule has 0 aliphatic carbocycles. The van der Waals surface area contributed by atoms with Gasteiger partial charge in [0.2, 0.25) is 0 Å². The fourth-order valence-corrected chi connectivity index (χ4v) is 3.41. The van der Waals surface area contributed by atoms with Crippen molar-refractivity contribution < 1.29 is 82.7 Å². The number of phosphoric acid groups is 1. The van der Waals surface area contributed by atoms with Crippen LogP contribution in [0.2, 0.25) is 0 Å². The van der Waals surface area contributed by atoms with Gasteiger partial charge in [-0.2, -0.15) is 0 Å². The van der Waals surface area contributed by atoms with Crippen molar-refractivity contribution in [3.05, 3.63) is 24.8 Å². The van der Waals surface area contributed by atoms with Crippen molar-refractivity contribution >= 4 is 35.6 Å². The number of nitrogens with zero attached hydrogens (tertiary/aromatic N) is 4. The number of hydrogen-bond donors (Lipinski definition) is 1. The Morgan fingerprint density at radius 2 is 2.04 bits per heavy atom. The molecule has 3 aromatic rings. The third-order valence-corrected chi connectivity index (χ3v) is 4.70. The van der Waals surface area contributed by atoms with Gasteiger partial charge in [0.15, 0.2) is 0 Å². The summed E-state index contributed by atoms with van der Waals surface area (Å²) in [7, 11) is -4.99. The molecule has 1 aliphatic heterocycles. The maximum absolute atomic E-state index is 10.6. The van der Waals surface area contributed by atoms with Crippen LogP contribution in [0.15, 0.2) is 24.8 Å². The fourth-order valence-electron chi connectivity index (χ4n) is 3.06. The molecular formula is C14H14N5Na2O5P. The van der Waals surface area contributed by atoms with Crippen LogP contribution in [0.1, 0.15) is 12.5 Å². The third kappa shape index (κ3) is 5.09. The zero-order valence-corrected chi connectivity index (χ0v) is 19.8. The van der Waals surface area contributed by atoms with Gasteiger partial charge in [0.25, 0.3) is 0 Å². The summed E-state index contributed by atoms with van der Waals surface area (Å²) in [4.78, 5) is 33.7. The van der Waals surface area contributed by atoms with E-state index in [1.165, 1.54) is 6.33 Å². The van der Waals surface area contributed by atoms with Crippen LogP contribution in [0, 0.1) is 0 Å². The van der Waals surface area contributed by atoms with Crippen LogP contribution in [0.3, 0.4) is 0 Å². The van der Waals surface area contributed by atoms with Gasteiger partial charge in [-0.1, -0.05) is 0 Å². The molecule has 0 saturated carbocycles. The molecule has 3 heterocycles. The van der Waals surface area contributed by atoms with Gasteiger partial charge < -0.3 is 33.9 Å². The largest absolute Gasteiger partial charge is 1.00 e. The van der Waals surface area contributed by atoms with Gasteiger partial charge in [0, 0.05) is 5.39 Å². The Morgan fingerprint density at radius 3 is 2.78 bits per heavy atom. The zero-order chi connectivity index (χ0) is 17.6. The summed E-state index contributed by atoms with van der Waals surface area (Å²) in [5.74, 6) is 0.391. The second kappa shape index (κ2) is 9.15. The molecule has 132 valence electrons. The van der Waals surface area contributed by atoms with Gasteiger partial charge in [-0.3, -0.25) is 0 Å². The number of hydrogen-bond acceptors (Lipinski definition) is 9. The molecule has 13 heteroatoms. The summed E-state index contributed by atoms with van der Waals surface area (Å²) in [6.07, 6.45) is 3.14. The summed E-state index contributed by atoms with van der Waals surface area (Å²) in [6, 6.07) is 3.66. The van der Waals surface area contributed by atoms with E-state index in [1.807, 2.05) is 16.7 Å². The predicted octanol–water partition coefficient (Wildman–Crippen LogP) is -6.25. The van der Waals surface area contributed by atoms with Crippen LogP contribution in [-0.2, 0) is 13.8 Å². The Bertz CT molecular complexity index is 997. The van der Waals surface area contributed by atoms with Crippen molar-refractivity contribution in [3.63, 3.8) is 0 Å². The molecule has 2 unspecified atom stereocenters. The molecule has 0 radical (unpaired) electrons. The summed E-state index contributed by atoms with van der Waals surface area (Å²) < 4.78 is 22.4. The number of phosphoric ester groups is 1. The number of imidazole rings is 1. The number of rotatable bonds is 4. The standard InChI is InChI=1S/C14H16N5O5P.2Na/c15-14-10-2-12-13(3-11(10)16-6-17-14)19(7-18-12)8-1-9(23-4-8)5-24-25(20,21)22;;/h2-3,6-9H,1,4-5H2,(H2,15,16,17)(H2,20,21,22);;/q;2*+1/p-2. The molecular weight excluding hydrogens is 395 g/mol. The molecule has 1 aliphatic rings. The number of aromatic nitrogens is 4. The van der Waals surface area contributed by atoms with E-state index in [4.69, 9.17) is 10.5 Å². The van der Waals surface area contributed by atoms with Crippen LogP contribution in [-0.4, -0.2) is 38.8 Å². The van der Waals surface area contributed by atoms with Crippen molar-refractivity contribution in [2.24, 2.45) is 0 Å². The van der Waals surface area contributed by atoms with E-state index < -0.39 is 13.9 Å². The van der Waals surface area contributed by atoms with E-state index >= 15 is 0 Å². The zero-order valence-electron chi connectivity index (χ0n) is 14.9. The molecule has 10 nitrogen and oxygen atoms in total. The van der Waals surface area contributed by atoms with Crippen molar-refractivity contribution in [1.82, 2.24) is 19.5 Å². The molecule has 1 saturated heterocycles. The van der Waals surface area contributed by atoms with Crippen LogP contribution in [0.5, 0.6) is 0 Å². The van der Waals surface area contributed by atoms with E-state index in [0.717, 1.165) is 16.4 Å². The smallest absolute Gasteiger partial charge is 0.790 e. The molecule has 2 N–H and O–H groups in total. The van der Waals surface area contributed by atoms with E-state index in [1.54, 1.807) is 6.33 Å². The van der Waals surface area contributed by atoms with Crippen molar-refractivity contribution in [3.8, 4) is 0 Å². The van der Waals surface area contributed by atoms with Crippen molar-refractivity contribution in [2.75, 3.05) is 18.9 Å². The topological polar surface area (TPSA) is 151 Å². The van der Waals surface area contributed by atoms with E-state index in [-0.39, 0.29) is 71.8 Å². The van der Waals surface area contributed by atoms with Crippen LogP contribution < -0.4 is 74.6 Å². The molecule has 0 bridgehead atoms. The molecule has 4 rings (SSSR count). The SMILES string of the molecule is Nc1ncnc2cc3c(cc12)ncn3C1COC(COP(=O)([O-])[O-])C1.[Na+].[Na+]. The maximum Gasteiger partial charge on any atom is 1.00 e. The Hall–Kier alpha value is -0.100. The van der Waals surface area contributed by atoms with Crippen molar-refractivity contribution in [1.29, 1.82) is 0 Å². The van der Waals surface area contributed by atoms with Gasteiger partial charge in [-0.25, -0.2) is 15.0 Å². The van der Waals surface area contributed by atoms with Gasteiger partial charge in [-0.05, 0) is 18.6 Å². The molecule has 1 fully saturated rings. The molecule has 1 aromatic carbocycles. The van der Waals surface area contributed by atoms with Crippen molar-refractivity contribution in [2.45, 2.75) is 18.6 Å². The Balaban J connectivity index is 0.00000131. The van der Waals surface area contributed by atoms with Gasteiger partial charge in [0.1, 0.15) is 12.1 Å². The summed E-state index contributed by atoms with van der Waals surface area (Å²) >= 11 is 0. The quantitative estimate of drug-likeness (QED) is 0.328. The molecule has 27 heavy (non-hydrogen) atoms. The van der Waals surface area contributed by atoms with Crippen LogP contribution >= 0.6 is 7.82 Å². The first-order valence-corrected chi connectivity index (χ1v) is 9.02. The monoisotopic (exact) mass is 409 g/mol. The number of benzene rings is 1. The first kappa shape index (κ1) is 23.2. The summed E-state index contributed by atoms with van der Waals surface area (Å²) in [5.41, 5.74) is 8.18. The van der Waals surface area contributed by atoms with E-state index in [0.29, 0.717) is 24.4 Å². The molecule has 2 atom stereocenters. The molecule has 2 aromatic heterocycles. The first-order chi connectivity index (χ1) is 11.9. The minimum atomic E-state index is -4.99. The fraction of sp³-hybridized carbons (Fsp3) is 0.357. The Morgan fingerprint density at radius 1 is 1.26 bits per heavy atom. The number of nitrogens with two attached hydrogens (primary N) is 1. The summed E-state index contributed by atoms with van der Waals surface area (Å²) in [6.45, 7) is 0.0888. The van der Waals surface area contributed by atoms with Gasteiger partial charge in [0.05, 0.1) is 56.1 Å². The average Bonchev–Trinajstić information content (AvgIpc) is 3.17. The maximum atomic E-state index is 10.6. The third-order valence-electron chi connectivity index (χ3n) is 4.23. The number of nitrogen functional groups attached to an aromatic ring is 1. The molecule has 0 amide bonds. The Labute approximate surface area is 198 Å². The van der Waals surface area contributed by atoms with Crippen LogP contribution in [0.4, 0.5) is 5.82 Å². The second-order valence-electron chi connectivity index (χ2n) is 5.86. The van der Waals surface area contributed by atoms with Crippen LogP contribution in [0.25, 0.3) is 21.9 Å². The number of fused-ring (bicyclic) bond motifs is 2. The van der Waals surface area contributed by atoms with E-state index in [9.17, 15) is 14.4 Å². The van der Waals surface area contributed by atoms with E-state index in [2.05, 4.69) is 19.5 Å². The second-order valence-corrected chi connectivity index (χ2v) is 7.01. The Kier molecular flexibility index (Phi) is 7.85. The average molecular weight is 409 g/mol. The first-order valence-electron chi connectivity index (χ1n) is 7.56. The summed E-state index contributed by atoms with van der Waals surface area (Å²) in [5, 5.41) is 0.732. The number of anilines is 1.